The first-order chi connectivity index (χ1) is 17.2. The summed E-state index contributed by atoms with van der Waals surface area (Å²) in [5.41, 5.74) is 3.79. The van der Waals surface area contributed by atoms with E-state index in [-0.39, 0.29) is 31.0 Å². The Morgan fingerprint density at radius 2 is 1.71 bits per heavy atom. The summed E-state index contributed by atoms with van der Waals surface area (Å²) < 4.78 is 23.0. The average molecular weight is 474 g/mol. The molecule has 5 rings (SSSR count). The Kier molecular flexibility index (Phi) is 6.97. The minimum absolute atomic E-state index is 0.00364. The summed E-state index contributed by atoms with van der Waals surface area (Å²) in [6.07, 6.45) is 1.78. The van der Waals surface area contributed by atoms with Crippen molar-refractivity contribution in [2.75, 3.05) is 6.79 Å². The van der Waals surface area contributed by atoms with Gasteiger partial charge >= 0.3 is 0 Å². The average Bonchev–Trinajstić information content (AvgIpc) is 3.39. The summed E-state index contributed by atoms with van der Waals surface area (Å²) in [5.74, 6) is 1.25. The van der Waals surface area contributed by atoms with Crippen LogP contribution >= 0.6 is 0 Å². The van der Waals surface area contributed by atoms with Crippen LogP contribution in [0.15, 0.2) is 84.6 Å². The zero-order valence-corrected chi connectivity index (χ0v) is 19.2. The van der Waals surface area contributed by atoms with E-state index in [2.05, 4.69) is 5.32 Å². The molecule has 2 atom stereocenters. The maximum absolute atomic E-state index is 13.0. The molecule has 2 aliphatic heterocycles. The number of hydrogen-bond donors (Lipinski definition) is 2. The molecule has 35 heavy (non-hydrogen) atoms. The van der Waals surface area contributed by atoms with E-state index in [0.717, 1.165) is 22.3 Å². The first-order valence-corrected chi connectivity index (χ1v) is 11.6. The molecule has 0 aromatic heterocycles. The fourth-order valence-corrected chi connectivity index (χ4v) is 4.09. The van der Waals surface area contributed by atoms with E-state index in [9.17, 15) is 9.90 Å². The van der Waals surface area contributed by atoms with Gasteiger partial charge in [-0.2, -0.15) is 0 Å². The normalized spacial score (nSPS) is 18.5. The lowest BCUT2D eigenvalue weighted by Gasteiger charge is -2.29. The smallest absolute Gasteiger partial charge is 0.286 e. The van der Waals surface area contributed by atoms with E-state index < -0.39 is 6.29 Å². The first-order valence-electron chi connectivity index (χ1n) is 11.6. The van der Waals surface area contributed by atoms with Crippen LogP contribution < -0.4 is 14.8 Å². The minimum Gasteiger partial charge on any atom is -0.459 e. The Hall–Kier alpha value is -3.81. The van der Waals surface area contributed by atoms with Crippen LogP contribution in [-0.2, 0) is 34.0 Å². The fraction of sp³-hybridized carbons (Fsp3) is 0.250. The van der Waals surface area contributed by atoms with Crippen molar-refractivity contribution in [3.05, 3.63) is 107 Å². The highest BCUT2D eigenvalue weighted by atomic mass is 16.7. The first kappa shape index (κ1) is 23.0. The zero-order chi connectivity index (χ0) is 24.0. The van der Waals surface area contributed by atoms with Crippen LogP contribution in [-0.4, -0.2) is 24.1 Å². The van der Waals surface area contributed by atoms with Crippen LogP contribution in [0, 0.1) is 0 Å². The Morgan fingerprint density at radius 1 is 0.943 bits per heavy atom. The number of allylic oxidation sites excluding steroid dienone is 1. The van der Waals surface area contributed by atoms with E-state index in [0.29, 0.717) is 31.1 Å². The minimum atomic E-state index is -0.606. The SMILES string of the molecule is O=C(NCc1ccccc1)C1=C[C@@H](c2ccc3c(c2)OCO3)C[C@@H](OCc2ccc(CO)cc2)O1. The predicted octanol–water partition coefficient (Wildman–Crippen LogP) is 4.15. The fourth-order valence-electron chi connectivity index (χ4n) is 4.09. The quantitative estimate of drug-likeness (QED) is 0.511. The molecular formula is C28H27NO6. The Balaban J connectivity index is 1.31. The van der Waals surface area contributed by atoms with Gasteiger partial charge in [-0.05, 0) is 40.5 Å². The van der Waals surface area contributed by atoms with Gasteiger partial charge in [0.05, 0.1) is 13.2 Å². The number of ether oxygens (including phenoxy) is 4. The molecule has 2 heterocycles. The van der Waals surface area contributed by atoms with Crippen LogP contribution in [0.25, 0.3) is 0 Å². The summed E-state index contributed by atoms with van der Waals surface area (Å²) >= 11 is 0. The van der Waals surface area contributed by atoms with Crippen LogP contribution in [0.1, 0.15) is 34.6 Å². The number of fused-ring (bicyclic) bond motifs is 1. The number of rotatable bonds is 8. The molecule has 3 aromatic carbocycles. The number of amides is 1. The number of nitrogens with one attached hydrogen (secondary N) is 1. The summed E-state index contributed by atoms with van der Waals surface area (Å²) in [4.78, 5) is 13.0. The zero-order valence-electron chi connectivity index (χ0n) is 19.2. The van der Waals surface area contributed by atoms with Crippen molar-refractivity contribution in [3.63, 3.8) is 0 Å². The Labute approximate surface area is 203 Å². The lowest BCUT2D eigenvalue weighted by atomic mass is 9.92. The van der Waals surface area contributed by atoms with E-state index >= 15 is 0 Å². The molecule has 0 aliphatic carbocycles. The second-order valence-electron chi connectivity index (χ2n) is 8.49. The largest absolute Gasteiger partial charge is 0.459 e. The molecule has 1 amide bonds. The third kappa shape index (κ3) is 5.65. The monoisotopic (exact) mass is 473 g/mol. The summed E-state index contributed by atoms with van der Waals surface area (Å²) in [6, 6.07) is 23.1. The van der Waals surface area contributed by atoms with Gasteiger partial charge in [-0.15, -0.1) is 0 Å². The molecule has 3 aromatic rings. The molecule has 0 saturated carbocycles. The third-order valence-electron chi connectivity index (χ3n) is 6.04. The van der Waals surface area contributed by atoms with Gasteiger partial charge in [0.15, 0.2) is 17.3 Å². The predicted molar refractivity (Wildman–Crippen MR) is 128 cm³/mol. The molecule has 0 fully saturated rings. The Morgan fingerprint density at radius 3 is 2.51 bits per heavy atom. The van der Waals surface area contributed by atoms with Gasteiger partial charge in [-0.25, -0.2) is 0 Å². The topological polar surface area (TPSA) is 86.3 Å². The number of benzene rings is 3. The van der Waals surface area contributed by atoms with Crippen molar-refractivity contribution >= 4 is 5.91 Å². The second-order valence-corrected chi connectivity index (χ2v) is 8.49. The van der Waals surface area contributed by atoms with Crippen molar-refractivity contribution in [3.8, 4) is 11.5 Å². The van der Waals surface area contributed by atoms with Crippen LogP contribution in [0.3, 0.4) is 0 Å². The summed E-state index contributed by atoms with van der Waals surface area (Å²) in [7, 11) is 0. The van der Waals surface area contributed by atoms with Gasteiger partial charge in [0.1, 0.15) is 0 Å². The molecule has 0 radical (unpaired) electrons. The lowest BCUT2D eigenvalue weighted by Crippen LogP contribution is -2.32. The molecule has 2 N–H and O–H groups in total. The van der Waals surface area contributed by atoms with Crippen molar-refractivity contribution in [1.29, 1.82) is 0 Å². The van der Waals surface area contributed by atoms with Crippen LogP contribution in [0.5, 0.6) is 11.5 Å². The molecule has 7 nitrogen and oxygen atoms in total. The van der Waals surface area contributed by atoms with Gasteiger partial charge in [0.2, 0.25) is 13.1 Å². The lowest BCUT2D eigenvalue weighted by molar-refractivity contribution is -0.150. The summed E-state index contributed by atoms with van der Waals surface area (Å²) in [5, 5.41) is 12.2. The van der Waals surface area contributed by atoms with Gasteiger partial charge in [0, 0.05) is 18.9 Å². The molecule has 0 unspecified atom stereocenters. The van der Waals surface area contributed by atoms with Gasteiger partial charge < -0.3 is 29.4 Å². The van der Waals surface area contributed by atoms with E-state index in [4.69, 9.17) is 18.9 Å². The maximum atomic E-state index is 13.0. The van der Waals surface area contributed by atoms with Crippen molar-refractivity contribution in [2.45, 2.75) is 38.4 Å². The number of aliphatic hydroxyl groups is 1. The van der Waals surface area contributed by atoms with E-state index in [1.807, 2.05) is 78.9 Å². The van der Waals surface area contributed by atoms with Crippen LogP contribution in [0.2, 0.25) is 0 Å². The highest BCUT2D eigenvalue weighted by molar-refractivity contribution is 5.91. The van der Waals surface area contributed by atoms with E-state index in [1.165, 1.54) is 0 Å². The third-order valence-corrected chi connectivity index (χ3v) is 6.04. The molecule has 0 saturated heterocycles. The Bertz CT molecular complexity index is 1190. The van der Waals surface area contributed by atoms with Crippen molar-refractivity contribution in [1.82, 2.24) is 5.32 Å². The molecule has 0 bridgehead atoms. The molecule has 180 valence electrons. The molecule has 0 spiro atoms. The highest BCUT2D eigenvalue weighted by Gasteiger charge is 2.30. The number of carbonyl (C=O) groups excluding carboxylic acids is 1. The second kappa shape index (κ2) is 10.6. The number of carbonyl (C=O) groups is 1. The van der Waals surface area contributed by atoms with Crippen molar-refractivity contribution < 1.29 is 28.8 Å². The highest BCUT2D eigenvalue weighted by Crippen LogP contribution is 2.38. The molecule has 7 heteroatoms. The van der Waals surface area contributed by atoms with Gasteiger partial charge in [-0.3, -0.25) is 4.79 Å². The van der Waals surface area contributed by atoms with Crippen molar-refractivity contribution in [2.24, 2.45) is 0 Å². The number of aliphatic hydroxyl groups excluding tert-OH is 1. The summed E-state index contributed by atoms with van der Waals surface area (Å²) in [6.45, 7) is 0.924. The van der Waals surface area contributed by atoms with Gasteiger partial charge in [0.25, 0.3) is 5.91 Å². The standard InChI is InChI=1S/C28H27NO6/c30-16-20-6-8-21(9-7-20)17-32-27-14-23(22-10-11-24-25(12-22)34-18-33-24)13-26(35-27)28(31)29-15-19-4-2-1-3-5-19/h1-13,23,27,30H,14-18H2,(H,29,31)/t23-,27+/m1/s1. The van der Waals surface area contributed by atoms with Crippen LogP contribution in [0.4, 0.5) is 0 Å². The molecule has 2 aliphatic rings. The maximum Gasteiger partial charge on any atom is 0.286 e. The van der Waals surface area contributed by atoms with E-state index in [1.54, 1.807) is 0 Å². The molecular weight excluding hydrogens is 446 g/mol. The van der Waals surface area contributed by atoms with Gasteiger partial charge in [-0.1, -0.05) is 60.7 Å². The number of hydrogen-bond acceptors (Lipinski definition) is 6.